The van der Waals surface area contributed by atoms with Crippen LogP contribution in [0.25, 0.3) is 10.9 Å². The minimum atomic E-state index is -1.59. The third-order valence-electron chi connectivity index (χ3n) is 6.12. The standard InChI is InChI=1S/C30H32NO4Si/c1-6-34-29(33)27(32)25-20-31(5)26-23(25)18-13-19-24(26)28(30(2,3)4)35-36(21-14-9-7-10-15-21)22-16-11-8-12-17-22/h7-20,28H,6H2,1-5H3. The molecule has 0 aliphatic carbocycles. The number of ether oxygens (including phenoxy) is 1. The fourth-order valence-corrected chi connectivity index (χ4v) is 6.82. The first kappa shape index (κ1) is 25.6. The predicted octanol–water partition coefficient (Wildman–Crippen LogP) is 4.83. The molecule has 0 N–H and O–H groups in total. The molecular weight excluding hydrogens is 466 g/mol. The molecule has 4 aromatic rings. The number of carbonyl (C=O) groups excluding carboxylic acids is 2. The fraction of sp³-hybridized carbons (Fsp3) is 0.267. The van der Waals surface area contributed by atoms with Gasteiger partial charge in [-0.2, -0.15) is 0 Å². The number of carbonyl (C=O) groups is 2. The van der Waals surface area contributed by atoms with E-state index in [9.17, 15) is 9.59 Å². The number of rotatable bonds is 8. The number of fused-ring (bicyclic) bond motifs is 1. The molecule has 0 bridgehead atoms. The minimum Gasteiger partial charge on any atom is -0.460 e. The van der Waals surface area contributed by atoms with Crippen LogP contribution >= 0.6 is 0 Å². The summed E-state index contributed by atoms with van der Waals surface area (Å²) in [6.45, 7) is 8.35. The number of aromatic nitrogens is 1. The van der Waals surface area contributed by atoms with Crippen LogP contribution in [0.15, 0.2) is 85.1 Å². The van der Waals surface area contributed by atoms with Crippen molar-refractivity contribution in [2.24, 2.45) is 12.5 Å². The summed E-state index contributed by atoms with van der Waals surface area (Å²) in [6, 6.07) is 26.6. The lowest BCUT2D eigenvalue weighted by Crippen LogP contribution is -2.47. The Balaban J connectivity index is 1.84. The normalized spacial score (nSPS) is 12.6. The number of aryl methyl sites for hydroxylation is 1. The van der Waals surface area contributed by atoms with Gasteiger partial charge in [-0.15, -0.1) is 0 Å². The van der Waals surface area contributed by atoms with Gasteiger partial charge in [-0.3, -0.25) is 4.79 Å². The van der Waals surface area contributed by atoms with Crippen molar-refractivity contribution >= 4 is 42.1 Å². The SMILES string of the molecule is CCOC(=O)C(=O)c1cn(C)c2c(C(O[Si](c3ccccc3)c3ccccc3)C(C)(C)C)cccc12. The second-order valence-electron chi connectivity index (χ2n) is 9.87. The van der Waals surface area contributed by atoms with Gasteiger partial charge in [0.25, 0.3) is 14.8 Å². The smallest absolute Gasteiger partial charge is 0.379 e. The van der Waals surface area contributed by atoms with E-state index >= 15 is 0 Å². The Bertz CT molecular complexity index is 1320. The van der Waals surface area contributed by atoms with Gasteiger partial charge in [0.2, 0.25) is 0 Å². The van der Waals surface area contributed by atoms with E-state index in [2.05, 4.69) is 51.1 Å². The average molecular weight is 499 g/mol. The molecule has 3 aromatic carbocycles. The van der Waals surface area contributed by atoms with E-state index < -0.39 is 20.8 Å². The van der Waals surface area contributed by atoms with Crippen LogP contribution in [0.2, 0.25) is 0 Å². The van der Waals surface area contributed by atoms with Crippen molar-refractivity contribution in [3.63, 3.8) is 0 Å². The van der Waals surface area contributed by atoms with Gasteiger partial charge in [0.05, 0.1) is 23.8 Å². The van der Waals surface area contributed by atoms with Crippen LogP contribution in [0.4, 0.5) is 0 Å². The largest absolute Gasteiger partial charge is 0.460 e. The molecule has 1 heterocycles. The third kappa shape index (κ3) is 5.20. The van der Waals surface area contributed by atoms with Crippen molar-refractivity contribution in [1.82, 2.24) is 4.57 Å². The Morgan fingerprint density at radius 1 is 0.889 bits per heavy atom. The van der Waals surface area contributed by atoms with Gasteiger partial charge < -0.3 is 13.7 Å². The average Bonchev–Trinajstić information content (AvgIpc) is 3.21. The molecule has 0 saturated carbocycles. The number of nitrogens with zero attached hydrogens (tertiary/aromatic N) is 1. The number of benzene rings is 3. The highest BCUT2D eigenvalue weighted by molar-refractivity contribution is 6.80. The van der Waals surface area contributed by atoms with E-state index in [1.165, 1.54) is 10.4 Å². The Morgan fingerprint density at radius 3 is 2.00 bits per heavy atom. The zero-order valence-electron chi connectivity index (χ0n) is 21.4. The Hall–Kier alpha value is -3.48. The second kappa shape index (κ2) is 10.6. The lowest BCUT2D eigenvalue weighted by Gasteiger charge is -2.35. The van der Waals surface area contributed by atoms with E-state index in [1.54, 1.807) is 13.1 Å². The molecule has 0 spiro atoms. The van der Waals surface area contributed by atoms with Crippen LogP contribution in [0, 0.1) is 5.41 Å². The molecule has 0 amide bonds. The third-order valence-corrected chi connectivity index (χ3v) is 8.30. The first-order valence-corrected chi connectivity index (χ1v) is 13.6. The molecule has 0 aliphatic rings. The van der Waals surface area contributed by atoms with Crippen molar-refractivity contribution in [3.05, 3.63) is 96.2 Å². The number of Topliss-reactive ketones (excluding diaryl/α,β-unsaturated/α-hetero) is 1. The van der Waals surface area contributed by atoms with Crippen molar-refractivity contribution in [2.45, 2.75) is 33.8 Å². The summed E-state index contributed by atoms with van der Waals surface area (Å²) in [5, 5.41) is 3.06. The maximum Gasteiger partial charge on any atom is 0.379 e. The van der Waals surface area contributed by atoms with Crippen LogP contribution in [0.3, 0.4) is 0 Å². The molecule has 1 atom stereocenters. The number of para-hydroxylation sites is 1. The van der Waals surface area contributed by atoms with E-state index in [0.717, 1.165) is 16.5 Å². The van der Waals surface area contributed by atoms with E-state index in [1.807, 2.05) is 60.1 Å². The molecule has 0 saturated heterocycles. The van der Waals surface area contributed by atoms with Gasteiger partial charge in [0.15, 0.2) is 0 Å². The molecule has 5 nitrogen and oxygen atoms in total. The highest BCUT2D eigenvalue weighted by Crippen LogP contribution is 2.40. The van der Waals surface area contributed by atoms with Gasteiger partial charge in [-0.1, -0.05) is 99.6 Å². The molecule has 6 heteroatoms. The molecule has 1 aromatic heterocycles. The van der Waals surface area contributed by atoms with E-state index in [-0.39, 0.29) is 18.1 Å². The van der Waals surface area contributed by atoms with Crippen molar-refractivity contribution < 1.29 is 18.8 Å². The predicted molar refractivity (Wildman–Crippen MR) is 145 cm³/mol. The molecule has 1 radical (unpaired) electrons. The van der Waals surface area contributed by atoms with Crippen LogP contribution in [0.1, 0.15) is 49.7 Å². The Labute approximate surface area is 214 Å². The van der Waals surface area contributed by atoms with E-state index in [0.29, 0.717) is 5.56 Å². The molecule has 185 valence electrons. The summed E-state index contributed by atoms with van der Waals surface area (Å²) in [7, 11) is 0.308. The summed E-state index contributed by atoms with van der Waals surface area (Å²) < 4.78 is 14.0. The minimum absolute atomic E-state index is 0.157. The van der Waals surface area contributed by atoms with Gasteiger partial charge >= 0.3 is 5.97 Å². The highest BCUT2D eigenvalue weighted by Gasteiger charge is 2.35. The number of ketones is 1. The molecule has 0 fully saturated rings. The van der Waals surface area contributed by atoms with Gasteiger partial charge in [-0.05, 0) is 22.7 Å². The summed E-state index contributed by atoms with van der Waals surface area (Å²) in [5.74, 6) is -1.47. The van der Waals surface area contributed by atoms with E-state index in [4.69, 9.17) is 9.16 Å². The molecular formula is C30H32NO4Si. The zero-order valence-corrected chi connectivity index (χ0v) is 22.4. The topological polar surface area (TPSA) is 57.5 Å². The summed E-state index contributed by atoms with van der Waals surface area (Å²) in [5.41, 5.74) is 1.97. The maximum atomic E-state index is 12.9. The van der Waals surface area contributed by atoms with Crippen molar-refractivity contribution in [3.8, 4) is 0 Å². The van der Waals surface area contributed by atoms with Gasteiger partial charge in [0.1, 0.15) is 0 Å². The molecule has 4 rings (SSSR count). The molecule has 36 heavy (non-hydrogen) atoms. The van der Waals surface area contributed by atoms with Crippen molar-refractivity contribution in [1.29, 1.82) is 0 Å². The number of esters is 1. The lowest BCUT2D eigenvalue weighted by atomic mass is 9.84. The summed E-state index contributed by atoms with van der Waals surface area (Å²) >= 11 is 0. The van der Waals surface area contributed by atoms with Crippen LogP contribution in [-0.2, 0) is 21.0 Å². The summed E-state index contributed by atoms with van der Waals surface area (Å²) in [6.07, 6.45) is 1.45. The maximum absolute atomic E-state index is 12.9. The first-order valence-electron chi connectivity index (χ1n) is 12.2. The van der Waals surface area contributed by atoms with Gasteiger partial charge in [0, 0.05) is 24.2 Å². The van der Waals surface area contributed by atoms with Crippen LogP contribution in [0.5, 0.6) is 0 Å². The first-order chi connectivity index (χ1) is 17.2. The summed E-state index contributed by atoms with van der Waals surface area (Å²) in [4.78, 5) is 25.1. The lowest BCUT2D eigenvalue weighted by molar-refractivity contribution is -0.137. The van der Waals surface area contributed by atoms with Gasteiger partial charge in [-0.25, -0.2) is 4.79 Å². The van der Waals surface area contributed by atoms with Crippen LogP contribution in [-0.4, -0.2) is 32.0 Å². The fourth-order valence-electron chi connectivity index (χ4n) is 4.51. The van der Waals surface area contributed by atoms with Crippen molar-refractivity contribution in [2.75, 3.05) is 6.61 Å². The zero-order chi connectivity index (χ0) is 25.9. The second-order valence-corrected chi connectivity index (χ2v) is 11.9. The Morgan fingerprint density at radius 2 is 1.47 bits per heavy atom. The quantitative estimate of drug-likeness (QED) is 0.151. The monoisotopic (exact) mass is 498 g/mol. The Kier molecular flexibility index (Phi) is 7.57. The van der Waals surface area contributed by atoms with Crippen LogP contribution < -0.4 is 10.4 Å². The number of hydrogen-bond acceptors (Lipinski definition) is 4. The number of hydrogen-bond donors (Lipinski definition) is 0. The highest BCUT2D eigenvalue weighted by atomic mass is 28.3. The molecule has 0 aliphatic heterocycles. The molecule has 1 unspecified atom stereocenters.